The van der Waals surface area contributed by atoms with Crippen molar-refractivity contribution < 1.29 is 13.2 Å². The molecule has 0 radical (unpaired) electrons. The third-order valence-electron chi connectivity index (χ3n) is 5.47. The average molecular weight is 447 g/mol. The van der Waals surface area contributed by atoms with Crippen molar-refractivity contribution >= 4 is 22.0 Å². The first kappa shape index (κ1) is 23.0. The molecule has 2 heterocycles. The summed E-state index contributed by atoms with van der Waals surface area (Å²) < 4.78 is 26.7. The van der Waals surface area contributed by atoms with E-state index in [1.165, 1.54) is 4.31 Å². The van der Waals surface area contributed by atoms with Crippen LogP contribution in [0.2, 0.25) is 0 Å². The minimum absolute atomic E-state index is 0.138. The van der Waals surface area contributed by atoms with Crippen molar-refractivity contribution in [3.8, 4) is 0 Å². The highest BCUT2D eigenvalue weighted by Gasteiger charge is 2.24. The molecule has 0 aliphatic carbocycles. The lowest BCUT2D eigenvalue weighted by molar-refractivity contribution is 0.191. The summed E-state index contributed by atoms with van der Waals surface area (Å²) in [7, 11) is -3.49. The second kappa shape index (κ2) is 10.1. The van der Waals surface area contributed by atoms with E-state index in [-0.39, 0.29) is 17.0 Å². The van der Waals surface area contributed by atoms with Gasteiger partial charge in [-0.15, -0.1) is 0 Å². The number of piperazine rings is 1. The van der Waals surface area contributed by atoms with Gasteiger partial charge in [-0.05, 0) is 30.7 Å². The molecule has 1 aliphatic rings. The second-order valence-corrected chi connectivity index (χ2v) is 9.29. The van der Waals surface area contributed by atoms with Crippen LogP contribution in [0.15, 0.2) is 47.6 Å². The van der Waals surface area contributed by atoms with Crippen LogP contribution >= 0.6 is 0 Å². The Morgan fingerprint density at radius 3 is 2.19 bits per heavy atom. The number of sulfonamides is 1. The maximum Gasteiger partial charge on any atom is 0.317 e. The summed E-state index contributed by atoms with van der Waals surface area (Å²) in [5, 5.41) is 3.00. The minimum atomic E-state index is -3.49. The number of nitrogens with one attached hydrogen (secondary N) is 1. The number of hydrogen-bond acceptors (Lipinski definition) is 6. The van der Waals surface area contributed by atoms with Crippen molar-refractivity contribution in [3.05, 3.63) is 48.3 Å². The number of carbonyl (C=O) groups excluding carboxylic acids is 1. The molecule has 0 spiro atoms. The number of benzene rings is 1. The Hall–Kier alpha value is -2.72. The normalized spacial score (nSPS) is 15.7. The van der Waals surface area contributed by atoms with E-state index < -0.39 is 10.0 Å². The predicted octanol–water partition coefficient (Wildman–Crippen LogP) is 2.10. The van der Waals surface area contributed by atoms with Gasteiger partial charge in [0.05, 0.1) is 10.9 Å². The number of nitrogens with zero attached hydrogens (tertiary/aromatic N) is 5. The Morgan fingerprint density at radius 2 is 1.65 bits per heavy atom. The molecule has 0 saturated carbocycles. The van der Waals surface area contributed by atoms with Gasteiger partial charge in [-0.1, -0.05) is 26.0 Å². The fourth-order valence-electron chi connectivity index (χ4n) is 3.56. The van der Waals surface area contributed by atoms with Crippen LogP contribution in [0.5, 0.6) is 0 Å². The molecule has 2 amide bonds. The molecule has 2 aromatic rings. The summed E-state index contributed by atoms with van der Waals surface area (Å²) >= 11 is 0. The summed E-state index contributed by atoms with van der Waals surface area (Å²) in [5.74, 6) is 0.677. The smallest absolute Gasteiger partial charge is 0.317 e. The van der Waals surface area contributed by atoms with Gasteiger partial charge < -0.3 is 15.1 Å². The van der Waals surface area contributed by atoms with E-state index in [0.29, 0.717) is 45.2 Å². The van der Waals surface area contributed by atoms with Gasteiger partial charge in [0.2, 0.25) is 16.0 Å². The first-order valence-corrected chi connectivity index (χ1v) is 12.0. The van der Waals surface area contributed by atoms with Crippen molar-refractivity contribution in [1.82, 2.24) is 24.5 Å². The van der Waals surface area contributed by atoms with Crippen LogP contribution in [0.1, 0.15) is 32.4 Å². The molecule has 10 heteroatoms. The molecule has 168 valence electrons. The zero-order valence-electron chi connectivity index (χ0n) is 18.2. The lowest BCUT2D eigenvalue weighted by Gasteiger charge is -2.35. The van der Waals surface area contributed by atoms with Gasteiger partial charge in [-0.25, -0.2) is 23.2 Å². The highest BCUT2D eigenvalue weighted by atomic mass is 32.2. The number of anilines is 1. The predicted molar refractivity (Wildman–Crippen MR) is 119 cm³/mol. The molecule has 1 aliphatic heterocycles. The van der Waals surface area contributed by atoms with Crippen molar-refractivity contribution in [1.29, 1.82) is 0 Å². The topological polar surface area (TPSA) is 98.7 Å². The molecule has 1 fully saturated rings. The van der Waals surface area contributed by atoms with Gasteiger partial charge in [-0.3, -0.25) is 0 Å². The van der Waals surface area contributed by atoms with E-state index in [1.54, 1.807) is 47.6 Å². The highest BCUT2D eigenvalue weighted by Crippen LogP contribution is 2.20. The Labute approximate surface area is 184 Å². The molecule has 1 N–H and O–H groups in total. The number of amides is 2. The average Bonchev–Trinajstić information content (AvgIpc) is 2.80. The van der Waals surface area contributed by atoms with Gasteiger partial charge in [-0.2, -0.15) is 4.31 Å². The molecular formula is C21H30N6O3S. The molecule has 1 saturated heterocycles. The lowest BCUT2D eigenvalue weighted by Crippen LogP contribution is -2.52. The largest absolute Gasteiger partial charge is 0.337 e. The molecule has 3 rings (SSSR count). The van der Waals surface area contributed by atoms with Crippen LogP contribution in [0.25, 0.3) is 0 Å². The summed E-state index contributed by atoms with van der Waals surface area (Å²) in [5.41, 5.74) is 0.850. The van der Waals surface area contributed by atoms with Gasteiger partial charge in [0.25, 0.3) is 0 Å². The van der Waals surface area contributed by atoms with E-state index in [1.807, 2.05) is 20.8 Å². The monoisotopic (exact) mass is 446 g/mol. The van der Waals surface area contributed by atoms with E-state index in [4.69, 9.17) is 0 Å². The highest BCUT2D eigenvalue weighted by molar-refractivity contribution is 7.89. The maximum absolute atomic E-state index is 12.7. The van der Waals surface area contributed by atoms with E-state index in [2.05, 4.69) is 20.2 Å². The van der Waals surface area contributed by atoms with Crippen LogP contribution in [0.4, 0.5) is 10.7 Å². The van der Waals surface area contributed by atoms with Crippen LogP contribution in [-0.4, -0.2) is 72.9 Å². The van der Waals surface area contributed by atoms with Crippen LogP contribution in [-0.2, 0) is 10.0 Å². The molecule has 1 aromatic heterocycles. The summed E-state index contributed by atoms with van der Waals surface area (Å²) in [6, 6.07) is 8.11. The quantitative estimate of drug-likeness (QED) is 0.699. The van der Waals surface area contributed by atoms with Gasteiger partial charge >= 0.3 is 6.03 Å². The van der Waals surface area contributed by atoms with Crippen molar-refractivity contribution in [2.45, 2.75) is 31.7 Å². The van der Waals surface area contributed by atoms with Crippen molar-refractivity contribution in [3.63, 3.8) is 0 Å². The molecule has 0 unspecified atom stereocenters. The Morgan fingerprint density at radius 1 is 1.06 bits per heavy atom. The molecule has 1 aromatic carbocycles. The maximum atomic E-state index is 12.7. The number of urea groups is 1. The lowest BCUT2D eigenvalue weighted by atomic mass is 10.1. The molecule has 9 nitrogen and oxygen atoms in total. The van der Waals surface area contributed by atoms with Gasteiger partial charge in [0, 0.05) is 51.7 Å². The molecule has 31 heavy (non-hydrogen) atoms. The summed E-state index contributed by atoms with van der Waals surface area (Å²) in [4.78, 5) is 25.3. The first-order valence-electron chi connectivity index (χ1n) is 10.5. The number of carbonyl (C=O) groups is 1. The zero-order chi connectivity index (χ0) is 22.4. The Balaban J connectivity index is 1.56. The number of rotatable bonds is 7. The van der Waals surface area contributed by atoms with Gasteiger partial charge in [0.15, 0.2) is 0 Å². The first-order chi connectivity index (χ1) is 14.9. The fourth-order valence-corrected chi connectivity index (χ4v) is 5.02. The molecular weight excluding hydrogens is 416 g/mol. The minimum Gasteiger partial charge on any atom is -0.337 e. The SMILES string of the molecule is CCN(CC)S(=O)(=O)c1ccc([C@H](C)NC(=O)N2CCN(c3ncccn3)CC2)cc1. The fraction of sp³-hybridized carbons (Fsp3) is 0.476. The molecule has 0 bridgehead atoms. The summed E-state index contributed by atoms with van der Waals surface area (Å²) in [6.07, 6.45) is 3.42. The van der Waals surface area contributed by atoms with Gasteiger partial charge in [0.1, 0.15) is 0 Å². The molecule has 1 atom stereocenters. The van der Waals surface area contributed by atoms with Crippen LogP contribution in [0.3, 0.4) is 0 Å². The summed E-state index contributed by atoms with van der Waals surface area (Å²) in [6.45, 7) is 8.88. The number of hydrogen-bond donors (Lipinski definition) is 1. The van der Waals surface area contributed by atoms with Crippen molar-refractivity contribution in [2.75, 3.05) is 44.2 Å². The third kappa shape index (κ3) is 5.31. The van der Waals surface area contributed by atoms with E-state index >= 15 is 0 Å². The van der Waals surface area contributed by atoms with E-state index in [9.17, 15) is 13.2 Å². The Bertz CT molecular complexity index is 956. The number of aromatic nitrogens is 2. The third-order valence-corrected chi connectivity index (χ3v) is 7.53. The van der Waals surface area contributed by atoms with Crippen LogP contribution in [0, 0.1) is 0 Å². The van der Waals surface area contributed by atoms with Crippen molar-refractivity contribution in [2.24, 2.45) is 0 Å². The zero-order valence-corrected chi connectivity index (χ0v) is 19.0. The van der Waals surface area contributed by atoms with E-state index in [0.717, 1.165) is 5.56 Å². The Kier molecular flexibility index (Phi) is 7.45. The van der Waals surface area contributed by atoms with Crippen LogP contribution < -0.4 is 10.2 Å². The standard InChI is InChI=1S/C21H30N6O3S/c1-4-27(5-2)31(29,30)19-9-7-18(8-10-19)17(3)24-21(28)26-15-13-25(14-16-26)20-22-11-6-12-23-20/h6-12,17H,4-5,13-16H2,1-3H3,(H,24,28)/t17-/m0/s1. The second-order valence-electron chi connectivity index (χ2n) is 7.35.